The highest BCUT2D eigenvalue weighted by molar-refractivity contribution is 5.50. The van der Waals surface area contributed by atoms with Gasteiger partial charge in [-0.3, -0.25) is 0 Å². The lowest BCUT2D eigenvalue weighted by molar-refractivity contribution is -0.112. The smallest absolute Gasteiger partial charge is 0.162 e. The Bertz CT molecular complexity index is 256. The van der Waals surface area contributed by atoms with Gasteiger partial charge in [-0.1, -0.05) is 27.7 Å². The summed E-state index contributed by atoms with van der Waals surface area (Å²) in [4.78, 5) is 10.4. The topological polar surface area (TPSA) is 35.5 Å². The van der Waals surface area contributed by atoms with E-state index in [0.29, 0.717) is 18.9 Å². The predicted octanol–water partition coefficient (Wildman–Crippen LogP) is 2.00. The summed E-state index contributed by atoms with van der Waals surface area (Å²) in [5, 5.41) is 0. The number of ether oxygens (including phenoxy) is 2. The fraction of sp³-hybridized carbons (Fsp3) is 0.917. The molecule has 0 aromatic rings. The first kappa shape index (κ1) is 11.1. The molecule has 2 atom stereocenters. The van der Waals surface area contributed by atoms with Crippen LogP contribution in [0.1, 0.15) is 34.1 Å². The van der Waals surface area contributed by atoms with Gasteiger partial charge in [0.15, 0.2) is 6.29 Å². The second kappa shape index (κ2) is 3.29. The Morgan fingerprint density at radius 2 is 1.87 bits per heavy atom. The van der Waals surface area contributed by atoms with Crippen LogP contribution in [0, 0.1) is 16.7 Å². The number of rotatable bonds is 3. The van der Waals surface area contributed by atoms with E-state index >= 15 is 0 Å². The third-order valence-electron chi connectivity index (χ3n) is 4.54. The number of hydrogen-bond donors (Lipinski definition) is 0. The lowest BCUT2D eigenvalue weighted by atomic mass is 10.0. The fourth-order valence-electron chi connectivity index (χ4n) is 2.80. The molecule has 0 amide bonds. The number of carbonyl (C=O) groups is 1. The van der Waals surface area contributed by atoms with Gasteiger partial charge >= 0.3 is 0 Å². The number of hydrogen-bond acceptors (Lipinski definition) is 3. The maximum atomic E-state index is 10.4. The first-order valence-electron chi connectivity index (χ1n) is 5.62. The Labute approximate surface area is 91.1 Å². The van der Waals surface area contributed by atoms with E-state index in [-0.39, 0.29) is 23.2 Å². The molecular formula is C12H20O3. The van der Waals surface area contributed by atoms with Gasteiger partial charge in [-0.2, -0.15) is 0 Å². The molecule has 1 aliphatic carbocycles. The minimum atomic E-state index is -0.111. The summed E-state index contributed by atoms with van der Waals surface area (Å²) < 4.78 is 11.4. The van der Waals surface area contributed by atoms with Crippen molar-refractivity contribution in [3.05, 3.63) is 0 Å². The molecule has 0 aromatic heterocycles. The minimum absolute atomic E-state index is 0.0281. The van der Waals surface area contributed by atoms with Crippen molar-refractivity contribution in [2.24, 2.45) is 16.7 Å². The molecular weight excluding hydrogens is 192 g/mol. The zero-order chi connectivity index (χ0) is 11.3. The normalized spacial score (nSPS) is 37.9. The van der Waals surface area contributed by atoms with E-state index in [4.69, 9.17) is 9.47 Å². The summed E-state index contributed by atoms with van der Waals surface area (Å²) in [5.74, 6) is 0.446. The minimum Gasteiger partial charge on any atom is -0.350 e. The molecule has 2 fully saturated rings. The Morgan fingerprint density at radius 1 is 1.27 bits per heavy atom. The second-order valence-corrected chi connectivity index (χ2v) is 5.78. The van der Waals surface area contributed by atoms with Crippen LogP contribution in [0.25, 0.3) is 0 Å². The van der Waals surface area contributed by atoms with Crippen molar-refractivity contribution in [3.8, 4) is 0 Å². The molecule has 0 radical (unpaired) electrons. The Hall–Kier alpha value is -0.410. The van der Waals surface area contributed by atoms with Crippen molar-refractivity contribution >= 4 is 6.29 Å². The van der Waals surface area contributed by atoms with Crippen molar-refractivity contribution in [3.63, 3.8) is 0 Å². The summed E-state index contributed by atoms with van der Waals surface area (Å²) in [6, 6.07) is 0. The van der Waals surface area contributed by atoms with Crippen LogP contribution in [0.15, 0.2) is 0 Å². The second-order valence-electron chi connectivity index (χ2n) is 5.78. The van der Waals surface area contributed by atoms with Gasteiger partial charge in [-0.05, 0) is 10.8 Å². The molecule has 2 rings (SSSR count). The van der Waals surface area contributed by atoms with Gasteiger partial charge in [0, 0.05) is 12.3 Å². The Kier molecular flexibility index (Phi) is 2.43. The van der Waals surface area contributed by atoms with Crippen LogP contribution in [0.2, 0.25) is 0 Å². The first-order chi connectivity index (χ1) is 6.91. The van der Waals surface area contributed by atoms with Gasteiger partial charge in [-0.25, -0.2) is 0 Å². The van der Waals surface area contributed by atoms with Crippen LogP contribution in [0.4, 0.5) is 0 Å². The highest BCUT2D eigenvalue weighted by atomic mass is 16.7. The average Bonchev–Trinajstić information content (AvgIpc) is 2.51. The van der Waals surface area contributed by atoms with E-state index < -0.39 is 0 Å². The zero-order valence-corrected chi connectivity index (χ0v) is 9.95. The molecule has 1 heterocycles. The number of carbonyl (C=O) groups excluding carboxylic acids is 1. The van der Waals surface area contributed by atoms with Crippen molar-refractivity contribution < 1.29 is 14.3 Å². The molecule has 3 nitrogen and oxygen atoms in total. The van der Waals surface area contributed by atoms with Gasteiger partial charge in [0.05, 0.1) is 12.7 Å². The van der Waals surface area contributed by atoms with E-state index in [0.717, 1.165) is 6.29 Å². The standard InChI is InChI=1S/C12H20O3/c1-11(2)9(12(11,3)4)10-14-7-8(15-10)5-6-13/h6,8-10H,5,7H2,1-4H3. The van der Waals surface area contributed by atoms with Crippen molar-refractivity contribution in [2.75, 3.05) is 6.61 Å². The first-order valence-corrected chi connectivity index (χ1v) is 5.62. The summed E-state index contributed by atoms with van der Waals surface area (Å²) in [6.45, 7) is 9.55. The van der Waals surface area contributed by atoms with Gasteiger partial charge < -0.3 is 14.3 Å². The largest absolute Gasteiger partial charge is 0.350 e. The molecule has 3 heteroatoms. The van der Waals surface area contributed by atoms with Crippen molar-refractivity contribution in [1.29, 1.82) is 0 Å². The molecule has 1 saturated heterocycles. The molecule has 0 bridgehead atoms. The molecule has 1 aliphatic heterocycles. The maximum absolute atomic E-state index is 10.4. The van der Waals surface area contributed by atoms with Crippen molar-refractivity contribution in [1.82, 2.24) is 0 Å². The summed E-state index contributed by atoms with van der Waals surface area (Å²) >= 11 is 0. The van der Waals surface area contributed by atoms with E-state index in [9.17, 15) is 4.79 Å². The van der Waals surface area contributed by atoms with Crippen LogP contribution < -0.4 is 0 Å². The molecule has 1 saturated carbocycles. The van der Waals surface area contributed by atoms with Crippen LogP contribution in [0.3, 0.4) is 0 Å². The highest BCUT2D eigenvalue weighted by Gasteiger charge is 2.69. The maximum Gasteiger partial charge on any atom is 0.162 e. The Balaban J connectivity index is 1.96. The molecule has 86 valence electrons. The van der Waals surface area contributed by atoms with Crippen LogP contribution in [0.5, 0.6) is 0 Å². The summed E-state index contributed by atoms with van der Waals surface area (Å²) in [6.07, 6.45) is 1.21. The van der Waals surface area contributed by atoms with E-state index in [1.165, 1.54) is 0 Å². The number of aldehydes is 1. The lowest BCUT2D eigenvalue weighted by Gasteiger charge is -2.11. The lowest BCUT2D eigenvalue weighted by Crippen LogP contribution is -2.17. The van der Waals surface area contributed by atoms with Gasteiger partial charge in [0.25, 0.3) is 0 Å². The molecule has 0 N–H and O–H groups in total. The summed E-state index contributed by atoms with van der Waals surface area (Å²) in [7, 11) is 0. The van der Waals surface area contributed by atoms with Crippen LogP contribution in [-0.4, -0.2) is 25.3 Å². The van der Waals surface area contributed by atoms with E-state index in [1.54, 1.807) is 0 Å². The van der Waals surface area contributed by atoms with Crippen LogP contribution >= 0.6 is 0 Å². The fourth-order valence-corrected chi connectivity index (χ4v) is 2.80. The average molecular weight is 212 g/mol. The monoisotopic (exact) mass is 212 g/mol. The van der Waals surface area contributed by atoms with Gasteiger partial charge in [0.2, 0.25) is 0 Å². The van der Waals surface area contributed by atoms with Crippen LogP contribution in [-0.2, 0) is 14.3 Å². The van der Waals surface area contributed by atoms with E-state index in [1.807, 2.05) is 0 Å². The highest BCUT2D eigenvalue weighted by Crippen LogP contribution is 2.70. The molecule has 2 aliphatic rings. The van der Waals surface area contributed by atoms with Crippen molar-refractivity contribution in [2.45, 2.75) is 46.5 Å². The zero-order valence-electron chi connectivity index (χ0n) is 9.95. The quantitative estimate of drug-likeness (QED) is 0.671. The summed E-state index contributed by atoms with van der Waals surface area (Å²) in [5.41, 5.74) is 0.543. The third-order valence-corrected chi connectivity index (χ3v) is 4.54. The SMILES string of the molecule is CC1(C)C(C2OCC(CC=O)O2)C1(C)C. The molecule has 2 unspecified atom stereocenters. The molecule has 0 aromatic carbocycles. The molecule has 15 heavy (non-hydrogen) atoms. The Morgan fingerprint density at radius 3 is 2.33 bits per heavy atom. The third kappa shape index (κ3) is 1.53. The van der Waals surface area contributed by atoms with Gasteiger partial charge in [0.1, 0.15) is 6.29 Å². The molecule has 0 spiro atoms. The van der Waals surface area contributed by atoms with E-state index in [2.05, 4.69) is 27.7 Å². The predicted molar refractivity (Wildman–Crippen MR) is 56.3 cm³/mol. The van der Waals surface area contributed by atoms with Gasteiger partial charge in [-0.15, -0.1) is 0 Å².